The first-order chi connectivity index (χ1) is 6.22. The van der Waals surface area contributed by atoms with Crippen molar-refractivity contribution < 1.29 is 0 Å². The van der Waals surface area contributed by atoms with Crippen LogP contribution in [0.4, 0.5) is 0 Å². The van der Waals surface area contributed by atoms with Crippen LogP contribution in [0.25, 0.3) is 0 Å². The van der Waals surface area contributed by atoms with E-state index in [1.54, 1.807) is 0 Å². The molecule has 0 amide bonds. The minimum atomic E-state index is 0.479. The van der Waals surface area contributed by atoms with E-state index in [2.05, 4.69) is 60.2 Å². The molecule has 0 aromatic rings. The first kappa shape index (κ1) is 14.3. The molecule has 86 valence electrons. The van der Waals surface area contributed by atoms with Crippen LogP contribution >= 0.6 is 11.8 Å². The Hall–Kier alpha value is 0.350. The summed E-state index contributed by atoms with van der Waals surface area (Å²) >= 11 is 2.11. The van der Waals surface area contributed by atoms with E-state index in [-0.39, 0.29) is 0 Å². The zero-order valence-electron chi connectivity index (χ0n) is 11.1. The third-order valence-electron chi connectivity index (χ3n) is 2.46. The minimum Gasteiger partial charge on any atom is -0.159 e. The molecule has 0 aromatic heterocycles. The SMILES string of the molecule is CC(C)SCC(CC(C)(C)C)C(C)C. The van der Waals surface area contributed by atoms with Crippen LogP contribution in [-0.4, -0.2) is 11.0 Å². The summed E-state index contributed by atoms with van der Waals surface area (Å²) in [6.45, 7) is 16.3. The molecular formula is C13H28S. The van der Waals surface area contributed by atoms with Crippen LogP contribution in [0.3, 0.4) is 0 Å². The number of hydrogen-bond donors (Lipinski definition) is 0. The van der Waals surface area contributed by atoms with Crippen molar-refractivity contribution in [2.24, 2.45) is 17.3 Å². The summed E-state index contributed by atoms with van der Waals surface area (Å²) < 4.78 is 0. The second-order valence-corrected chi connectivity index (χ2v) is 7.76. The second kappa shape index (κ2) is 6.05. The van der Waals surface area contributed by atoms with Gasteiger partial charge in [0.2, 0.25) is 0 Å². The normalized spacial score (nSPS) is 15.2. The largest absolute Gasteiger partial charge is 0.159 e. The Labute approximate surface area is 95.2 Å². The molecule has 0 aliphatic carbocycles. The highest BCUT2D eigenvalue weighted by atomic mass is 32.2. The zero-order chi connectivity index (χ0) is 11.4. The van der Waals surface area contributed by atoms with E-state index in [1.165, 1.54) is 12.2 Å². The fraction of sp³-hybridized carbons (Fsp3) is 1.00. The van der Waals surface area contributed by atoms with Gasteiger partial charge < -0.3 is 0 Å². The van der Waals surface area contributed by atoms with E-state index in [4.69, 9.17) is 0 Å². The van der Waals surface area contributed by atoms with Gasteiger partial charge in [0.25, 0.3) is 0 Å². The summed E-state index contributed by atoms with van der Waals surface area (Å²) in [4.78, 5) is 0. The van der Waals surface area contributed by atoms with Gasteiger partial charge >= 0.3 is 0 Å². The van der Waals surface area contributed by atoms with Crippen molar-refractivity contribution >= 4 is 11.8 Å². The maximum absolute atomic E-state index is 2.36. The lowest BCUT2D eigenvalue weighted by atomic mass is 9.81. The van der Waals surface area contributed by atoms with Gasteiger partial charge in [0.1, 0.15) is 0 Å². The predicted molar refractivity (Wildman–Crippen MR) is 70.0 cm³/mol. The Kier molecular flexibility index (Phi) is 6.20. The lowest BCUT2D eigenvalue weighted by molar-refractivity contribution is 0.263. The summed E-state index contributed by atoms with van der Waals surface area (Å²) in [5, 5.41) is 0.774. The monoisotopic (exact) mass is 216 g/mol. The third kappa shape index (κ3) is 7.73. The average Bonchev–Trinajstić information content (AvgIpc) is 1.94. The Balaban J connectivity index is 4.03. The Morgan fingerprint density at radius 3 is 1.79 bits per heavy atom. The molecule has 0 heterocycles. The molecule has 0 bridgehead atoms. The van der Waals surface area contributed by atoms with E-state index in [0.29, 0.717) is 5.41 Å². The maximum atomic E-state index is 2.36. The molecule has 0 fully saturated rings. The van der Waals surface area contributed by atoms with Crippen molar-refractivity contribution in [1.82, 2.24) is 0 Å². The minimum absolute atomic E-state index is 0.479. The van der Waals surface area contributed by atoms with Crippen LogP contribution in [-0.2, 0) is 0 Å². The lowest BCUT2D eigenvalue weighted by Gasteiger charge is -2.29. The van der Waals surface area contributed by atoms with Crippen LogP contribution < -0.4 is 0 Å². The van der Waals surface area contributed by atoms with Crippen LogP contribution in [0.5, 0.6) is 0 Å². The van der Waals surface area contributed by atoms with Crippen molar-refractivity contribution in [2.75, 3.05) is 5.75 Å². The van der Waals surface area contributed by atoms with Crippen molar-refractivity contribution in [3.05, 3.63) is 0 Å². The quantitative estimate of drug-likeness (QED) is 0.634. The molecule has 0 saturated heterocycles. The van der Waals surface area contributed by atoms with E-state index >= 15 is 0 Å². The number of thioether (sulfide) groups is 1. The van der Waals surface area contributed by atoms with Gasteiger partial charge in [-0.25, -0.2) is 0 Å². The molecule has 1 unspecified atom stereocenters. The van der Waals surface area contributed by atoms with Gasteiger partial charge in [-0.1, -0.05) is 48.5 Å². The zero-order valence-corrected chi connectivity index (χ0v) is 11.9. The summed E-state index contributed by atoms with van der Waals surface area (Å²) in [5.41, 5.74) is 0.479. The molecule has 14 heavy (non-hydrogen) atoms. The van der Waals surface area contributed by atoms with Crippen molar-refractivity contribution in [1.29, 1.82) is 0 Å². The fourth-order valence-electron chi connectivity index (χ4n) is 1.59. The molecule has 0 rings (SSSR count). The maximum Gasteiger partial charge on any atom is -0.000958 e. The van der Waals surface area contributed by atoms with Crippen molar-refractivity contribution in [3.8, 4) is 0 Å². The van der Waals surface area contributed by atoms with Crippen molar-refractivity contribution in [3.63, 3.8) is 0 Å². The van der Waals surface area contributed by atoms with Gasteiger partial charge in [-0.3, -0.25) is 0 Å². The standard InChI is InChI=1S/C13H28S/c1-10(2)12(8-13(5,6)7)9-14-11(3)4/h10-12H,8-9H2,1-7H3. The summed E-state index contributed by atoms with van der Waals surface area (Å²) in [7, 11) is 0. The van der Waals surface area contributed by atoms with Crippen LogP contribution in [0, 0.1) is 17.3 Å². The molecule has 0 radical (unpaired) electrons. The van der Waals surface area contributed by atoms with Gasteiger partial charge in [0.15, 0.2) is 0 Å². The number of rotatable bonds is 5. The van der Waals surface area contributed by atoms with Gasteiger partial charge in [0, 0.05) is 0 Å². The second-order valence-electron chi connectivity index (χ2n) is 6.15. The first-order valence-corrected chi connectivity index (χ1v) is 6.89. The van der Waals surface area contributed by atoms with Gasteiger partial charge in [-0.2, -0.15) is 11.8 Å². The Morgan fingerprint density at radius 2 is 1.50 bits per heavy atom. The smallest absolute Gasteiger partial charge is 0.000958 e. The molecule has 1 heteroatoms. The Bertz CT molecular complexity index is 142. The van der Waals surface area contributed by atoms with Gasteiger partial charge in [-0.05, 0) is 34.7 Å². The van der Waals surface area contributed by atoms with E-state index in [1.807, 2.05) is 0 Å². The Morgan fingerprint density at radius 1 is 1.00 bits per heavy atom. The average molecular weight is 216 g/mol. The molecule has 0 aromatic carbocycles. The van der Waals surface area contributed by atoms with E-state index in [0.717, 1.165) is 17.1 Å². The molecule has 0 saturated carbocycles. The molecule has 0 N–H and O–H groups in total. The summed E-state index contributed by atoms with van der Waals surface area (Å²) in [6, 6.07) is 0. The lowest BCUT2D eigenvalue weighted by Crippen LogP contribution is -2.20. The van der Waals surface area contributed by atoms with Crippen LogP contribution in [0.2, 0.25) is 0 Å². The van der Waals surface area contributed by atoms with Crippen LogP contribution in [0.1, 0.15) is 54.9 Å². The topological polar surface area (TPSA) is 0 Å². The van der Waals surface area contributed by atoms with E-state index < -0.39 is 0 Å². The van der Waals surface area contributed by atoms with Crippen molar-refractivity contribution in [2.45, 2.75) is 60.1 Å². The van der Waals surface area contributed by atoms with Gasteiger partial charge in [0.05, 0.1) is 0 Å². The molecule has 0 aliphatic heterocycles. The molecule has 0 nitrogen and oxygen atoms in total. The molecular weight excluding hydrogens is 188 g/mol. The highest BCUT2D eigenvalue weighted by Gasteiger charge is 2.21. The van der Waals surface area contributed by atoms with Crippen LogP contribution in [0.15, 0.2) is 0 Å². The van der Waals surface area contributed by atoms with Gasteiger partial charge in [-0.15, -0.1) is 0 Å². The highest BCUT2D eigenvalue weighted by Crippen LogP contribution is 2.31. The third-order valence-corrected chi connectivity index (χ3v) is 3.75. The fourth-order valence-corrected chi connectivity index (χ4v) is 2.72. The molecule has 0 aliphatic rings. The molecule has 1 atom stereocenters. The van der Waals surface area contributed by atoms with E-state index in [9.17, 15) is 0 Å². The number of hydrogen-bond acceptors (Lipinski definition) is 1. The summed E-state index contributed by atoms with van der Waals surface area (Å²) in [6.07, 6.45) is 1.35. The highest BCUT2D eigenvalue weighted by molar-refractivity contribution is 7.99. The summed E-state index contributed by atoms with van der Waals surface area (Å²) in [5.74, 6) is 3.02. The first-order valence-electron chi connectivity index (χ1n) is 5.84. The molecule has 0 spiro atoms. The predicted octanol–water partition coefficient (Wildman–Crippen LogP) is 4.84.